The number of carbonyl (C=O) groups excluding carboxylic acids is 2. The number of fused-ring (bicyclic) bond motifs is 2. The van der Waals surface area contributed by atoms with Gasteiger partial charge in [0, 0.05) is 28.7 Å². The molecule has 4 rings (SSSR count). The van der Waals surface area contributed by atoms with E-state index in [1.54, 1.807) is 42.5 Å². The van der Waals surface area contributed by atoms with E-state index in [0.29, 0.717) is 41.3 Å². The fourth-order valence-corrected chi connectivity index (χ4v) is 3.02. The van der Waals surface area contributed by atoms with E-state index >= 15 is 0 Å². The number of hydrogen-bond donors (Lipinski definition) is 2. The first-order valence-electron chi connectivity index (χ1n) is 9.05. The lowest BCUT2D eigenvalue weighted by atomic mass is 10.1. The zero-order valence-corrected chi connectivity index (χ0v) is 15.6. The molecule has 0 saturated heterocycles. The number of benzene rings is 2. The number of anilines is 1. The molecule has 1 atom stereocenters. The van der Waals surface area contributed by atoms with Crippen molar-refractivity contribution in [2.45, 2.75) is 13.0 Å². The molecule has 2 N–H and O–H groups in total. The number of aromatic nitrogens is 1. The average Bonchev–Trinajstić information content (AvgIpc) is 2.72. The molecule has 0 radical (unpaired) electrons. The second kappa shape index (κ2) is 7.67. The molecule has 3 aromatic rings. The molecule has 2 heterocycles. The smallest absolute Gasteiger partial charge is 0.339 e. The number of amides is 1. The second-order valence-electron chi connectivity index (χ2n) is 6.49. The number of ether oxygens (including phenoxy) is 3. The molecule has 0 aliphatic carbocycles. The van der Waals surface area contributed by atoms with E-state index in [1.807, 2.05) is 0 Å². The zero-order chi connectivity index (χ0) is 20.4. The summed E-state index contributed by atoms with van der Waals surface area (Å²) < 4.78 is 16.2. The summed E-state index contributed by atoms with van der Waals surface area (Å²) in [5.74, 6) is -0.120. The number of H-pyrrole nitrogens is 1. The number of para-hydroxylation sites is 1. The standard InChI is InChI=1S/C21H18N2O6/c1-12(20(25)22-13-6-7-17-18(10-13)28-9-8-27-17)29-21(26)15-11-19(24)23-16-5-3-2-4-14(15)16/h2-7,10-12H,8-9H2,1H3,(H,22,25)(H,23,24). The molecule has 1 amide bonds. The second-order valence-corrected chi connectivity index (χ2v) is 6.49. The van der Waals surface area contributed by atoms with Gasteiger partial charge in [-0.25, -0.2) is 4.79 Å². The van der Waals surface area contributed by atoms with Crippen molar-refractivity contribution in [2.24, 2.45) is 0 Å². The number of rotatable bonds is 4. The number of nitrogens with one attached hydrogen (secondary N) is 2. The van der Waals surface area contributed by atoms with Crippen LogP contribution in [0.2, 0.25) is 0 Å². The van der Waals surface area contributed by atoms with Gasteiger partial charge in [0.1, 0.15) is 13.2 Å². The van der Waals surface area contributed by atoms with Crippen LogP contribution in [0.1, 0.15) is 17.3 Å². The Hall–Kier alpha value is -3.81. The lowest BCUT2D eigenvalue weighted by Gasteiger charge is -2.19. The third-order valence-electron chi connectivity index (χ3n) is 4.43. The van der Waals surface area contributed by atoms with Crippen LogP contribution in [0.3, 0.4) is 0 Å². The highest BCUT2D eigenvalue weighted by Gasteiger charge is 2.22. The summed E-state index contributed by atoms with van der Waals surface area (Å²) >= 11 is 0. The minimum absolute atomic E-state index is 0.100. The van der Waals surface area contributed by atoms with Gasteiger partial charge in [0.15, 0.2) is 17.6 Å². The Bertz CT molecular complexity index is 1150. The molecular weight excluding hydrogens is 376 g/mol. The first-order valence-corrected chi connectivity index (χ1v) is 9.05. The highest BCUT2D eigenvalue weighted by molar-refractivity contribution is 6.04. The van der Waals surface area contributed by atoms with Crippen LogP contribution in [0, 0.1) is 0 Å². The van der Waals surface area contributed by atoms with E-state index in [2.05, 4.69) is 10.3 Å². The molecule has 0 fully saturated rings. The monoisotopic (exact) mass is 394 g/mol. The summed E-state index contributed by atoms with van der Waals surface area (Å²) in [5, 5.41) is 3.22. The Morgan fingerprint density at radius 2 is 1.83 bits per heavy atom. The summed E-state index contributed by atoms with van der Waals surface area (Å²) in [4.78, 5) is 39.5. The van der Waals surface area contributed by atoms with E-state index in [0.717, 1.165) is 6.07 Å². The molecule has 0 bridgehead atoms. The molecule has 1 aliphatic heterocycles. The summed E-state index contributed by atoms with van der Waals surface area (Å²) in [6, 6.07) is 13.0. The summed E-state index contributed by atoms with van der Waals surface area (Å²) in [7, 11) is 0. The van der Waals surface area contributed by atoms with Crippen molar-refractivity contribution >= 4 is 28.5 Å². The van der Waals surface area contributed by atoms with E-state index < -0.39 is 23.5 Å². The first-order chi connectivity index (χ1) is 14.0. The van der Waals surface area contributed by atoms with Crippen LogP contribution >= 0.6 is 0 Å². The largest absolute Gasteiger partial charge is 0.486 e. The normalized spacial score (nSPS) is 13.6. The molecule has 2 aromatic carbocycles. The lowest BCUT2D eigenvalue weighted by Crippen LogP contribution is -2.30. The van der Waals surface area contributed by atoms with E-state index in [4.69, 9.17) is 14.2 Å². The first kappa shape index (κ1) is 18.5. The van der Waals surface area contributed by atoms with Gasteiger partial charge in [0.25, 0.3) is 5.91 Å². The summed E-state index contributed by atoms with van der Waals surface area (Å²) in [6.07, 6.45) is -1.08. The number of aromatic amines is 1. The van der Waals surface area contributed by atoms with Crippen molar-refractivity contribution in [3.63, 3.8) is 0 Å². The van der Waals surface area contributed by atoms with Crippen LogP contribution in [0.25, 0.3) is 10.9 Å². The van der Waals surface area contributed by atoms with Gasteiger partial charge in [0.2, 0.25) is 5.56 Å². The Morgan fingerprint density at radius 3 is 2.66 bits per heavy atom. The third kappa shape index (κ3) is 3.91. The van der Waals surface area contributed by atoms with E-state index in [1.165, 1.54) is 6.92 Å². The highest BCUT2D eigenvalue weighted by Crippen LogP contribution is 2.32. The maximum absolute atomic E-state index is 12.6. The molecular formula is C21H18N2O6. The van der Waals surface area contributed by atoms with Gasteiger partial charge in [-0.2, -0.15) is 0 Å². The van der Waals surface area contributed by atoms with Crippen molar-refractivity contribution in [1.82, 2.24) is 4.98 Å². The lowest BCUT2D eigenvalue weighted by molar-refractivity contribution is -0.123. The Balaban J connectivity index is 1.48. The highest BCUT2D eigenvalue weighted by atomic mass is 16.6. The maximum atomic E-state index is 12.6. The van der Waals surface area contributed by atoms with E-state index in [-0.39, 0.29) is 5.56 Å². The van der Waals surface area contributed by atoms with Crippen molar-refractivity contribution in [2.75, 3.05) is 18.5 Å². The van der Waals surface area contributed by atoms with Crippen LogP contribution in [0.4, 0.5) is 5.69 Å². The predicted molar refractivity (Wildman–Crippen MR) is 106 cm³/mol. The number of esters is 1. The van der Waals surface area contributed by atoms with Gasteiger partial charge in [0.05, 0.1) is 5.56 Å². The molecule has 148 valence electrons. The topological polar surface area (TPSA) is 107 Å². The van der Waals surface area contributed by atoms with Crippen LogP contribution < -0.4 is 20.3 Å². The Labute approximate surface area is 165 Å². The Kier molecular flexibility index (Phi) is 4.90. The molecule has 1 unspecified atom stereocenters. The van der Waals surface area contributed by atoms with Crippen molar-refractivity contribution in [3.05, 3.63) is 64.4 Å². The minimum Gasteiger partial charge on any atom is -0.486 e. The fourth-order valence-electron chi connectivity index (χ4n) is 3.02. The quantitative estimate of drug-likeness (QED) is 0.659. The van der Waals surface area contributed by atoms with Gasteiger partial charge in [-0.1, -0.05) is 18.2 Å². The predicted octanol–water partition coefficient (Wildman–Crippen LogP) is 2.48. The maximum Gasteiger partial charge on any atom is 0.339 e. The van der Waals surface area contributed by atoms with Crippen molar-refractivity contribution in [1.29, 1.82) is 0 Å². The number of carbonyl (C=O) groups is 2. The minimum atomic E-state index is -1.08. The average molecular weight is 394 g/mol. The zero-order valence-electron chi connectivity index (χ0n) is 15.6. The SMILES string of the molecule is CC(OC(=O)c1cc(=O)[nH]c2ccccc12)C(=O)Nc1ccc2c(c1)OCCO2. The van der Waals surface area contributed by atoms with Gasteiger partial charge < -0.3 is 24.5 Å². The Morgan fingerprint density at radius 1 is 1.07 bits per heavy atom. The van der Waals surface area contributed by atoms with Crippen LogP contribution in [-0.2, 0) is 9.53 Å². The molecule has 8 nitrogen and oxygen atoms in total. The van der Waals surface area contributed by atoms with Crippen LogP contribution in [0.5, 0.6) is 11.5 Å². The van der Waals surface area contributed by atoms with Gasteiger partial charge in [-0.15, -0.1) is 0 Å². The van der Waals surface area contributed by atoms with Gasteiger partial charge in [-0.3, -0.25) is 9.59 Å². The van der Waals surface area contributed by atoms with Gasteiger partial charge in [-0.05, 0) is 25.1 Å². The molecule has 8 heteroatoms. The third-order valence-corrected chi connectivity index (χ3v) is 4.43. The van der Waals surface area contributed by atoms with Crippen molar-refractivity contribution in [3.8, 4) is 11.5 Å². The molecule has 29 heavy (non-hydrogen) atoms. The molecule has 0 saturated carbocycles. The van der Waals surface area contributed by atoms with Crippen LogP contribution in [0.15, 0.2) is 53.3 Å². The molecule has 0 spiro atoms. The summed E-state index contributed by atoms with van der Waals surface area (Å²) in [6.45, 7) is 2.37. The summed E-state index contributed by atoms with van der Waals surface area (Å²) in [5.41, 5.74) is 0.677. The van der Waals surface area contributed by atoms with Crippen LogP contribution in [-0.4, -0.2) is 36.2 Å². The number of pyridine rings is 1. The van der Waals surface area contributed by atoms with E-state index in [9.17, 15) is 14.4 Å². The molecule has 1 aromatic heterocycles. The fraction of sp³-hybridized carbons (Fsp3) is 0.190. The number of hydrogen-bond acceptors (Lipinski definition) is 6. The molecule has 1 aliphatic rings. The van der Waals surface area contributed by atoms with Gasteiger partial charge >= 0.3 is 5.97 Å². The van der Waals surface area contributed by atoms with Crippen molar-refractivity contribution < 1.29 is 23.8 Å².